The van der Waals surface area contributed by atoms with Crippen molar-refractivity contribution >= 4 is 34.8 Å². The van der Waals surface area contributed by atoms with Crippen LogP contribution in [-0.2, 0) is 21.7 Å². The fourth-order valence-electron chi connectivity index (χ4n) is 5.42. The average molecular weight is 601 g/mol. The van der Waals surface area contributed by atoms with E-state index in [9.17, 15) is 10.1 Å². The van der Waals surface area contributed by atoms with Gasteiger partial charge in [0.25, 0.3) is 0 Å². The Morgan fingerprint density at radius 1 is 0.929 bits per heavy atom. The van der Waals surface area contributed by atoms with Crippen LogP contribution in [-0.4, -0.2) is 37.6 Å². The Morgan fingerprint density at radius 2 is 1.64 bits per heavy atom. The minimum absolute atomic E-state index is 0.122. The highest BCUT2D eigenvalue weighted by atomic mass is 35.5. The molecule has 1 N–H and O–H groups in total. The van der Waals surface area contributed by atoms with E-state index >= 15 is 0 Å². The molecule has 0 radical (unpaired) electrons. The third-order valence-electron chi connectivity index (χ3n) is 7.61. The molecule has 1 heterocycles. The standard InChI is InChI=1S/C34H31Cl2N3O3/c1-41-32-8-3-2-6-27(32)22-39-15-13-34(14-16-39,42-23-33(40)38-31-19-29(35)18-30(36)20-31)28-11-9-25(10-12-28)26-7-4-5-24(17-26)21-37/h2-12,17-20H,13-16,22-23H2,1H3,(H,38,40). The number of piperidine rings is 1. The first-order valence-corrected chi connectivity index (χ1v) is 14.5. The second-order valence-corrected chi connectivity index (χ2v) is 11.2. The number of anilines is 1. The van der Waals surface area contributed by atoms with Gasteiger partial charge in [0.15, 0.2) is 0 Å². The minimum atomic E-state index is -0.645. The predicted octanol–water partition coefficient (Wildman–Crippen LogP) is 7.69. The lowest BCUT2D eigenvalue weighted by Crippen LogP contribution is -2.45. The molecule has 0 bridgehead atoms. The van der Waals surface area contributed by atoms with E-state index in [4.69, 9.17) is 32.7 Å². The van der Waals surface area contributed by atoms with E-state index in [0.717, 1.165) is 47.6 Å². The Bertz CT molecular complexity index is 1570. The molecule has 1 amide bonds. The highest BCUT2D eigenvalue weighted by molar-refractivity contribution is 6.35. The second kappa shape index (κ2) is 13.4. The van der Waals surface area contributed by atoms with Gasteiger partial charge in [0, 0.05) is 40.9 Å². The second-order valence-electron chi connectivity index (χ2n) is 10.3. The zero-order valence-electron chi connectivity index (χ0n) is 23.3. The number of likely N-dealkylation sites (tertiary alicyclic amines) is 1. The molecule has 4 aromatic carbocycles. The molecule has 1 saturated heterocycles. The summed E-state index contributed by atoms with van der Waals surface area (Å²) in [6.45, 7) is 2.22. The monoisotopic (exact) mass is 599 g/mol. The highest BCUT2D eigenvalue weighted by Gasteiger charge is 2.38. The van der Waals surface area contributed by atoms with Crippen LogP contribution in [0.15, 0.2) is 91.0 Å². The van der Waals surface area contributed by atoms with Crippen LogP contribution in [0.1, 0.15) is 29.5 Å². The molecule has 6 nitrogen and oxygen atoms in total. The van der Waals surface area contributed by atoms with E-state index in [1.54, 1.807) is 31.4 Å². The summed E-state index contributed by atoms with van der Waals surface area (Å²) in [4.78, 5) is 15.3. The number of rotatable bonds is 9. The van der Waals surface area contributed by atoms with Gasteiger partial charge in [0.05, 0.1) is 24.3 Å². The van der Waals surface area contributed by atoms with Crippen molar-refractivity contribution in [3.63, 3.8) is 0 Å². The minimum Gasteiger partial charge on any atom is -0.496 e. The van der Waals surface area contributed by atoms with Gasteiger partial charge in [0.2, 0.25) is 5.91 Å². The number of amides is 1. The van der Waals surface area contributed by atoms with Gasteiger partial charge >= 0.3 is 0 Å². The SMILES string of the molecule is COc1ccccc1CN1CCC(OCC(=O)Nc2cc(Cl)cc(Cl)c2)(c2ccc(-c3cccc(C#N)c3)cc2)CC1. The van der Waals surface area contributed by atoms with Gasteiger partial charge in [-0.25, -0.2) is 0 Å². The third-order valence-corrected chi connectivity index (χ3v) is 8.05. The molecule has 0 saturated carbocycles. The molecule has 0 aliphatic carbocycles. The predicted molar refractivity (Wildman–Crippen MR) is 167 cm³/mol. The topological polar surface area (TPSA) is 74.6 Å². The fraction of sp³-hybridized carbons (Fsp3) is 0.235. The van der Waals surface area contributed by atoms with E-state index in [1.165, 1.54) is 0 Å². The van der Waals surface area contributed by atoms with Crippen LogP contribution in [0.4, 0.5) is 5.69 Å². The number of carbonyl (C=O) groups excluding carboxylic acids is 1. The van der Waals surface area contributed by atoms with Crippen LogP contribution < -0.4 is 10.1 Å². The Hall–Kier alpha value is -3.86. The maximum Gasteiger partial charge on any atom is 0.250 e. The number of nitrogens with one attached hydrogen (secondary N) is 1. The average Bonchev–Trinajstić information content (AvgIpc) is 3.01. The summed E-state index contributed by atoms with van der Waals surface area (Å²) < 4.78 is 12.1. The summed E-state index contributed by atoms with van der Waals surface area (Å²) in [7, 11) is 1.69. The van der Waals surface area contributed by atoms with Crippen molar-refractivity contribution in [2.75, 3.05) is 32.1 Å². The Labute approximate surface area is 256 Å². The Kier molecular flexibility index (Phi) is 9.46. The van der Waals surface area contributed by atoms with Crippen molar-refractivity contribution in [2.24, 2.45) is 0 Å². The lowest BCUT2D eigenvalue weighted by Gasteiger charge is -2.42. The number of hydrogen-bond donors (Lipinski definition) is 1. The third kappa shape index (κ3) is 7.13. The molecule has 0 aromatic heterocycles. The van der Waals surface area contributed by atoms with Crippen LogP contribution >= 0.6 is 23.2 Å². The van der Waals surface area contributed by atoms with Crippen molar-refractivity contribution in [3.8, 4) is 22.9 Å². The number of halogens is 2. The summed E-state index contributed by atoms with van der Waals surface area (Å²) in [5.74, 6) is 0.591. The molecule has 42 heavy (non-hydrogen) atoms. The fourth-order valence-corrected chi connectivity index (χ4v) is 5.95. The molecule has 0 unspecified atom stereocenters. The van der Waals surface area contributed by atoms with Gasteiger partial charge in [0.1, 0.15) is 12.4 Å². The van der Waals surface area contributed by atoms with Crippen molar-refractivity contribution in [1.82, 2.24) is 4.90 Å². The zero-order chi connectivity index (χ0) is 29.5. The number of carbonyl (C=O) groups is 1. The molecule has 214 valence electrons. The van der Waals surface area contributed by atoms with Crippen LogP contribution in [0, 0.1) is 11.3 Å². The molecule has 1 aliphatic heterocycles. The van der Waals surface area contributed by atoms with Gasteiger partial charge in [-0.15, -0.1) is 0 Å². The van der Waals surface area contributed by atoms with E-state index in [1.807, 2.05) is 48.5 Å². The van der Waals surface area contributed by atoms with Crippen molar-refractivity contribution in [2.45, 2.75) is 25.0 Å². The molecule has 5 rings (SSSR count). The van der Waals surface area contributed by atoms with Crippen molar-refractivity contribution in [1.29, 1.82) is 5.26 Å². The first-order valence-electron chi connectivity index (χ1n) is 13.7. The largest absolute Gasteiger partial charge is 0.496 e. The summed E-state index contributed by atoms with van der Waals surface area (Å²) in [6.07, 6.45) is 1.42. The van der Waals surface area contributed by atoms with Crippen LogP contribution in [0.25, 0.3) is 11.1 Å². The molecule has 1 aliphatic rings. The van der Waals surface area contributed by atoms with Crippen LogP contribution in [0.5, 0.6) is 5.75 Å². The van der Waals surface area contributed by atoms with Crippen molar-refractivity contribution in [3.05, 3.63) is 118 Å². The molecular weight excluding hydrogens is 569 g/mol. The normalized spacial score (nSPS) is 14.6. The number of benzene rings is 4. The summed E-state index contributed by atoms with van der Waals surface area (Å²) in [5, 5.41) is 13.0. The Balaban J connectivity index is 1.34. The van der Waals surface area contributed by atoms with Gasteiger partial charge < -0.3 is 14.8 Å². The van der Waals surface area contributed by atoms with E-state index in [2.05, 4.69) is 34.5 Å². The number of para-hydroxylation sites is 1. The lowest BCUT2D eigenvalue weighted by molar-refractivity contribution is -0.135. The van der Waals surface area contributed by atoms with Gasteiger partial charge in [-0.3, -0.25) is 9.69 Å². The number of hydrogen-bond acceptors (Lipinski definition) is 5. The van der Waals surface area contributed by atoms with Gasteiger partial charge in [-0.1, -0.05) is 77.8 Å². The van der Waals surface area contributed by atoms with Gasteiger partial charge in [-0.05, 0) is 65.9 Å². The van der Waals surface area contributed by atoms with E-state index in [-0.39, 0.29) is 12.5 Å². The van der Waals surface area contributed by atoms with Gasteiger partial charge in [-0.2, -0.15) is 5.26 Å². The molecule has 8 heteroatoms. The highest BCUT2D eigenvalue weighted by Crippen LogP contribution is 2.39. The zero-order valence-corrected chi connectivity index (χ0v) is 24.8. The first-order chi connectivity index (χ1) is 20.4. The van der Waals surface area contributed by atoms with E-state index < -0.39 is 5.60 Å². The molecule has 0 atom stereocenters. The quantitative estimate of drug-likeness (QED) is 0.213. The van der Waals surface area contributed by atoms with Crippen LogP contribution in [0.3, 0.4) is 0 Å². The molecular formula is C34H31Cl2N3O3. The summed E-state index contributed by atoms with van der Waals surface area (Å²) >= 11 is 12.2. The lowest BCUT2D eigenvalue weighted by atomic mass is 9.83. The van der Waals surface area contributed by atoms with Crippen molar-refractivity contribution < 1.29 is 14.3 Å². The van der Waals surface area contributed by atoms with E-state index in [0.29, 0.717) is 34.1 Å². The summed E-state index contributed by atoms with van der Waals surface area (Å²) in [5.41, 5.74) is 4.62. The number of nitrogens with zero attached hydrogens (tertiary/aromatic N) is 2. The number of methoxy groups -OCH3 is 1. The number of ether oxygens (including phenoxy) is 2. The number of nitriles is 1. The first kappa shape index (κ1) is 29.6. The summed E-state index contributed by atoms with van der Waals surface area (Å²) in [6, 6.07) is 31.0. The molecule has 1 fully saturated rings. The molecule has 4 aromatic rings. The smallest absolute Gasteiger partial charge is 0.250 e. The molecule has 0 spiro atoms. The maximum absolute atomic E-state index is 13.0. The maximum atomic E-state index is 13.0. The Morgan fingerprint density at radius 3 is 2.33 bits per heavy atom. The van der Waals surface area contributed by atoms with Crippen LogP contribution in [0.2, 0.25) is 10.0 Å².